The number of anilines is 1. The molecule has 2 aromatic rings. The smallest absolute Gasteiger partial charge is 0.338 e. The summed E-state index contributed by atoms with van der Waals surface area (Å²) in [6.45, 7) is 9.86. The van der Waals surface area contributed by atoms with E-state index in [1.54, 1.807) is 4.68 Å². The lowest BCUT2D eigenvalue weighted by Crippen LogP contribution is -2.33. The van der Waals surface area contributed by atoms with E-state index in [1.165, 1.54) is 0 Å². The molecule has 1 N–H and O–H groups in total. The highest BCUT2D eigenvalue weighted by atomic mass is 16.6. The third-order valence-corrected chi connectivity index (χ3v) is 3.84. The molecule has 0 unspecified atom stereocenters. The Balaban J connectivity index is 2.04. The standard InChI is InChI=1S/C18H23N5O3/c1-6-25-13-9-7-12(8-10-13)15-14(16(24)26-18(3,4)5)11(2)19-17-20-21-22-23(15)17/h7-10,15H,6H2,1-5H3,(H,19,20,22)/t15-/m1/s1. The number of hydrogen-bond donors (Lipinski definition) is 1. The molecule has 0 amide bonds. The van der Waals surface area contributed by atoms with E-state index in [4.69, 9.17) is 9.47 Å². The van der Waals surface area contributed by atoms with Gasteiger partial charge in [0.15, 0.2) is 0 Å². The molecule has 26 heavy (non-hydrogen) atoms. The first kappa shape index (κ1) is 17.9. The maximum Gasteiger partial charge on any atom is 0.338 e. The first-order chi connectivity index (χ1) is 12.3. The van der Waals surface area contributed by atoms with Crippen LogP contribution in [0.25, 0.3) is 0 Å². The van der Waals surface area contributed by atoms with Gasteiger partial charge in [-0.25, -0.2) is 4.79 Å². The molecular weight excluding hydrogens is 334 g/mol. The van der Waals surface area contributed by atoms with Crippen molar-refractivity contribution in [1.29, 1.82) is 0 Å². The Bertz CT molecular complexity index is 833. The highest BCUT2D eigenvalue weighted by Crippen LogP contribution is 2.36. The van der Waals surface area contributed by atoms with E-state index in [9.17, 15) is 4.79 Å². The van der Waals surface area contributed by atoms with Crippen molar-refractivity contribution in [2.45, 2.75) is 46.3 Å². The van der Waals surface area contributed by atoms with Gasteiger partial charge in [-0.15, -0.1) is 0 Å². The van der Waals surface area contributed by atoms with Gasteiger partial charge < -0.3 is 14.8 Å². The van der Waals surface area contributed by atoms with Crippen LogP contribution < -0.4 is 10.1 Å². The van der Waals surface area contributed by atoms with Gasteiger partial charge in [-0.2, -0.15) is 4.68 Å². The van der Waals surface area contributed by atoms with Gasteiger partial charge in [-0.3, -0.25) is 0 Å². The zero-order valence-electron chi connectivity index (χ0n) is 15.6. The van der Waals surface area contributed by atoms with E-state index < -0.39 is 17.6 Å². The number of hydrogen-bond acceptors (Lipinski definition) is 7. The fourth-order valence-electron chi connectivity index (χ4n) is 2.83. The fraction of sp³-hybridized carbons (Fsp3) is 0.444. The van der Waals surface area contributed by atoms with Crippen LogP contribution in [0.5, 0.6) is 5.75 Å². The third kappa shape index (κ3) is 3.54. The summed E-state index contributed by atoms with van der Waals surface area (Å²) in [4.78, 5) is 12.9. The van der Waals surface area contributed by atoms with Crippen LogP contribution in [0.15, 0.2) is 35.5 Å². The van der Waals surface area contributed by atoms with Crippen LogP contribution in [0.3, 0.4) is 0 Å². The van der Waals surface area contributed by atoms with Crippen LogP contribution in [-0.2, 0) is 9.53 Å². The molecule has 0 saturated heterocycles. The Morgan fingerprint density at radius 2 is 1.96 bits per heavy atom. The Hall–Kier alpha value is -2.90. The number of rotatable bonds is 4. The summed E-state index contributed by atoms with van der Waals surface area (Å²) in [5.74, 6) is 0.845. The Kier molecular flexibility index (Phi) is 4.67. The SMILES string of the molecule is CCOc1ccc([C@@H]2C(C(=O)OC(C)(C)C)=C(C)Nc3nnnn32)cc1. The summed E-state index contributed by atoms with van der Waals surface area (Å²) in [5, 5.41) is 14.8. The van der Waals surface area contributed by atoms with Crippen molar-refractivity contribution >= 4 is 11.9 Å². The van der Waals surface area contributed by atoms with Crippen molar-refractivity contribution in [2.24, 2.45) is 0 Å². The molecule has 1 aliphatic heterocycles. The first-order valence-corrected chi connectivity index (χ1v) is 8.52. The minimum Gasteiger partial charge on any atom is -0.494 e. The van der Waals surface area contributed by atoms with E-state index >= 15 is 0 Å². The number of carbonyl (C=O) groups excluding carboxylic acids is 1. The number of esters is 1. The number of benzene rings is 1. The highest BCUT2D eigenvalue weighted by Gasteiger charge is 2.36. The molecular formula is C18H23N5O3. The Morgan fingerprint density at radius 1 is 1.27 bits per heavy atom. The predicted molar refractivity (Wildman–Crippen MR) is 95.7 cm³/mol. The highest BCUT2D eigenvalue weighted by molar-refractivity contribution is 5.92. The second-order valence-corrected chi connectivity index (χ2v) is 7.02. The molecule has 138 valence electrons. The number of aromatic nitrogens is 4. The van der Waals surface area contributed by atoms with E-state index in [0.717, 1.165) is 11.3 Å². The first-order valence-electron chi connectivity index (χ1n) is 8.52. The van der Waals surface area contributed by atoms with Gasteiger partial charge in [-0.1, -0.05) is 17.2 Å². The molecule has 0 aliphatic carbocycles. The molecule has 0 spiro atoms. The number of nitrogens with zero attached hydrogens (tertiary/aromatic N) is 4. The monoisotopic (exact) mass is 357 g/mol. The lowest BCUT2D eigenvalue weighted by molar-refractivity contribution is -0.150. The van der Waals surface area contributed by atoms with E-state index in [0.29, 0.717) is 23.8 Å². The Morgan fingerprint density at radius 3 is 2.58 bits per heavy atom. The van der Waals surface area contributed by atoms with Crippen molar-refractivity contribution in [1.82, 2.24) is 20.2 Å². The molecule has 1 aliphatic rings. The minimum atomic E-state index is -0.603. The molecule has 1 aromatic heterocycles. The summed E-state index contributed by atoms with van der Waals surface area (Å²) >= 11 is 0. The molecule has 0 saturated carbocycles. The molecule has 0 bridgehead atoms. The fourth-order valence-corrected chi connectivity index (χ4v) is 2.83. The van der Waals surface area contributed by atoms with Crippen LogP contribution >= 0.6 is 0 Å². The van der Waals surface area contributed by atoms with Crippen molar-refractivity contribution < 1.29 is 14.3 Å². The van der Waals surface area contributed by atoms with E-state index in [2.05, 4.69) is 20.8 Å². The average molecular weight is 357 g/mol. The average Bonchev–Trinajstić information content (AvgIpc) is 3.01. The maximum atomic E-state index is 12.9. The summed E-state index contributed by atoms with van der Waals surface area (Å²) in [6.07, 6.45) is 0. The molecule has 1 aromatic carbocycles. The van der Waals surface area contributed by atoms with Gasteiger partial charge in [-0.05, 0) is 62.7 Å². The molecule has 8 nitrogen and oxygen atoms in total. The van der Waals surface area contributed by atoms with Crippen LogP contribution in [-0.4, -0.2) is 38.4 Å². The molecule has 3 rings (SSSR count). The van der Waals surface area contributed by atoms with Crippen molar-refractivity contribution in [3.05, 3.63) is 41.1 Å². The van der Waals surface area contributed by atoms with Crippen LogP contribution in [0.4, 0.5) is 5.95 Å². The third-order valence-electron chi connectivity index (χ3n) is 3.84. The number of tetrazole rings is 1. The minimum absolute atomic E-state index is 0.400. The zero-order valence-corrected chi connectivity index (χ0v) is 15.6. The lowest BCUT2D eigenvalue weighted by Gasteiger charge is -2.29. The number of ether oxygens (including phenoxy) is 2. The van der Waals surface area contributed by atoms with Crippen LogP contribution in [0, 0.1) is 0 Å². The van der Waals surface area contributed by atoms with Crippen molar-refractivity contribution in [3.63, 3.8) is 0 Å². The quantitative estimate of drug-likeness (QED) is 0.841. The predicted octanol–water partition coefficient (Wildman–Crippen LogP) is 2.70. The summed E-state index contributed by atoms with van der Waals surface area (Å²) in [5.41, 5.74) is 1.40. The van der Waals surface area contributed by atoms with Gasteiger partial charge in [0.05, 0.1) is 12.2 Å². The number of allylic oxidation sites excluding steroid dienone is 1. The van der Waals surface area contributed by atoms with Gasteiger partial charge in [0.25, 0.3) is 0 Å². The second-order valence-electron chi connectivity index (χ2n) is 7.02. The van der Waals surface area contributed by atoms with Gasteiger partial charge in [0.2, 0.25) is 5.95 Å². The number of nitrogens with one attached hydrogen (secondary N) is 1. The normalized spacial score (nSPS) is 16.7. The zero-order chi connectivity index (χ0) is 18.9. The summed E-state index contributed by atoms with van der Waals surface area (Å²) in [7, 11) is 0. The second kappa shape index (κ2) is 6.78. The molecule has 2 heterocycles. The van der Waals surface area contributed by atoms with Gasteiger partial charge in [0.1, 0.15) is 17.4 Å². The largest absolute Gasteiger partial charge is 0.494 e. The summed E-state index contributed by atoms with van der Waals surface area (Å²) < 4.78 is 12.7. The van der Waals surface area contributed by atoms with E-state index in [-0.39, 0.29) is 0 Å². The molecule has 1 atom stereocenters. The Labute approximate surface area is 152 Å². The summed E-state index contributed by atoms with van der Waals surface area (Å²) in [6, 6.07) is 7.07. The van der Waals surface area contributed by atoms with E-state index in [1.807, 2.05) is 58.9 Å². The van der Waals surface area contributed by atoms with Crippen LogP contribution in [0.1, 0.15) is 46.2 Å². The van der Waals surface area contributed by atoms with Crippen molar-refractivity contribution in [2.75, 3.05) is 11.9 Å². The van der Waals surface area contributed by atoms with Gasteiger partial charge >= 0.3 is 5.97 Å². The van der Waals surface area contributed by atoms with Crippen LogP contribution in [0.2, 0.25) is 0 Å². The molecule has 0 fully saturated rings. The number of fused-ring (bicyclic) bond motifs is 1. The van der Waals surface area contributed by atoms with Crippen molar-refractivity contribution in [3.8, 4) is 5.75 Å². The molecule has 0 radical (unpaired) electrons. The number of carbonyl (C=O) groups is 1. The maximum absolute atomic E-state index is 12.9. The molecule has 8 heteroatoms. The topological polar surface area (TPSA) is 91.2 Å². The lowest BCUT2D eigenvalue weighted by atomic mass is 9.95. The van der Waals surface area contributed by atoms with Gasteiger partial charge in [0, 0.05) is 5.70 Å².